The Balaban J connectivity index is 3.24. The molecule has 0 fully saturated rings. The van der Waals surface area contributed by atoms with E-state index in [9.17, 15) is 17.6 Å². The summed E-state index contributed by atoms with van der Waals surface area (Å²) < 4.78 is 39.6. The Hall–Kier alpha value is -1.47. The average molecular weight is 247 g/mol. The number of carbonyl (C=O) groups excluding carboxylic acids is 1. The monoisotopic (exact) mass is 247 g/mol. The van der Waals surface area contributed by atoms with Crippen LogP contribution in [0.4, 0.5) is 4.39 Å². The minimum absolute atomic E-state index is 0.111. The molecule has 0 aromatic heterocycles. The minimum atomic E-state index is -4.04. The number of primary sulfonamides is 1. The van der Waals surface area contributed by atoms with E-state index in [1.807, 2.05) is 0 Å². The standard InChI is InChI=1S/C9H10FNO4S/c1-2-15-9(12)6-3-7(10)5-8(4-6)16(11,13)14/h3-5H,2H2,1H3,(H2,11,13,14). The van der Waals surface area contributed by atoms with E-state index in [4.69, 9.17) is 5.14 Å². The largest absolute Gasteiger partial charge is 0.462 e. The van der Waals surface area contributed by atoms with Crippen LogP contribution in [0, 0.1) is 5.82 Å². The Kier molecular flexibility index (Phi) is 3.61. The van der Waals surface area contributed by atoms with Crippen molar-refractivity contribution >= 4 is 16.0 Å². The second-order valence-corrected chi connectivity index (χ2v) is 4.50. The van der Waals surface area contributed by atoms with Crippen LogP contribution in [0.15, 0.2) is 23.1 Å². The van der Waals surface area contributed by atoms with E-state index < -0.39 is 26.7 Å². The van der Waals surface area contributed by atoms with Gasteiger partial charge in [0.25, 0.3) is 0 Å². The molecule has 1 aromatic carbocycles. The molecule has 0 spiro atoms. The van der Waals surface area contributed by atoms with E-state index in [0.717, 1.165) is 18.2 Å². The Morgan fingerprint density at radius 3 is 2.56 bits per heavy atom. The molecule has 0 saturated heterocycles. The first-order valence-electron chi connectivity index (χ1n) is 4.35. The normalized spacial score (nSPS) is 11.2. The molecule has 2 N–H and O–H groups in total. The minimum Gasteiger partial charge on any atom is -0.462 e. The first-order chi connectivity index (χ1) is 7.34. The number of halogens is 1. The lowest BCUT2D eigenvalue weighted by atomic mass is 10.2. The number of ether oxygens (including phenoxy) is 1. The highest BCUT2D eigenvalue weighted by molar-refractivity contribution is 7.89. The predicted octanol–water partition coefficient (Wildman–Crippen LogP) is 0.650. The van der Waals surface area contributed by atoms with E-state index in [-0.39, 0.29) is 12.2 Å². The maximum absolute atomic E-state index is 13.0. The number of nitrogens with two attached hydrogens (primary N) is 1. The van der Waals surface area contributed by atoms with Crippen molar-refractivity contribution in [2.75, 3.05) is 6.61 Å². The SMILES string of the molecule is CCOC(=O)c1cc(F)cc(S(N)(=O)=O)c1. The van der Waals surface area contributed by atoms with Crippen LogP contribution >= 0.6 is 0 Å². The van der Waals surface area contributed by atoms with Crippen molar-refractivity contribution < 1.29 is 22.3 Å². The highest BCUT2D eigenvalue weighted by Crippen LogP contribution is 2.14. The summed E-state index contributed by atoms with van der Waals surface area (Å²) >= 11 is 0. The smallest absolute Gasteiger partial charge is 0.338 e. The van der Waals surface area contributed by atoms with Crippen LogP contribution < -0.4 is 5.14 Å². The van der Waals surface area contributed by atoms with Crippen molar-refractivity contribution in [3.8, 4) is 0 Å². The van der Waals surface area contributed by atoms with Gasteiger partial charge in [0.05, 0.1) is 17.1 Å². The molecule has 5 nitrogen and oxygen atoms in total. The lowest BCUT2D eigenvalue weighted by molar-refractivity contribution is 0.0525. The average Bonchev–Trinajstić information content (AvgIpc) is 2.16. The first kappa shape index (κ1) is 12.6. The highest BCUT2D eigenvalue weighted by Gasteiger charge is 2.15. The molecule has 1 rings (SSSR count). The third kappa shape index (κ3) is 3.01. The van der Waals surface area contributed by atoms with Crippen LogP contribution in [0.5, 0.6) is 0 Å². The van der Waals surface area contributed by atoms with Crippen molar-refractivity contribution in [1.29, 1.82) is 0 Å². The van der Waals surface area contributed by atoms with E-state index in [1.165, 1.54) is 0 Å². The Bertz CT molecular complexity index is 512. The molecule has 16 heavy (non-hydrogen) atoms. The molecular formula is C9H10FNO4S. The Morgan fingerprint density at radius 1 is 1.44 bits per heavy atom. The van der Waals surface area contributed by atoms with Gasteiger partial charge in [-0.1, -0.05) is 0 Å². The van der Waals surface area contributed by atoms with Crippen molar-refractivity contribution in [3.05, 3.63) is 29.6 Å². The fourth-order valence-electron chi connectivity index (χ4n) is 1.06. The van der Waals surface area contributed by atoms with Crippen molar-refractivity contribution in [3.63, 3.8) is 0 Å². The Morgan fingerprint density at radius 2 is 2.06 bits per heavy atom. The number of hydrogen-bond donors (Lipinski definition) is 1. The first-order valence-corrected chi connectivity index (χ1v) is 5.89. The van der Waals surface area contributed by atoms with Crippen LogP contribution in [0.2, 0.25) is 0 Å². The lowest BCUT2D eigenvalue weighted by Gasteiger charge is -2.04. The number of hydrogen-bond acceptors (Lipinski definition) is 4. The molecule has 0 unspecified atom stereocenters. The molecular weight excluding hydrogens is 237 g/mol. The summed E-state index contributed by atoms with van der Waals surface area (Å²) in [6.07, 6.45) is 0. The maximum atomic E-state index is 13.0. The third-order valence-corrected chi connectivity index (χ3v) is 2.60. The molecule has 1 aromatic rings. The summed E-state index contributed by atoms with van der Waals surface area (Å²) in [6, 6.07) is 2.58. The second-order valence-electron chi connectivity index (χ2n) is 2.94. The van der Waals surface area contributed by atoms with Crippen LogP contribution in [-0.2, 0) is 14.8 Å². The molecule has 0 radical (unpaired) electrons. The van der Waals surface area contributed by atoms with Crippen molar-refractivity contribution in [2.45, 2.75) is 11.8 Å². The molecule has 0 aliphatic heterocycles. The third-order valence-electron chi connectivity index (χ3n) is 1.71. The predicted molar refractivity (Wildman–Crippen MR) is 53.7 cm³/mol. The van der Waals surface area contributed by atoms with Crippen LogP contribution in [-0.4, -0.2) is 21.0 Å². The van der Waals surface area contributed by atoms with Crippen molar-refractivity contribution in [2.24, 2.45) is 5.14 Å². The molecule has 0 aliphatic rings. The lowest BCUT2D eigenvalue weighted by Crippen LogP contribution is -2.14. The van der Waals surface area contributed by atoms with Gasteiger partial charge in [0.2, 0.25) is 10.0 Å². The van der Waals surface area contributed by atoms with E-state index in [1.54, 1.807) is 6.92 Å². The zero-order valence-corrected chi connectivity index (χ0v) is 9.25. The molecule has 88 valence electrons. The van der Waals surface area contributed by atoms with Crippen LogP contribution in [0.25, 0.3) is 0 Å². The zero-order valence-electron chi connectivity index (χ0n) is 8.44. The topological polar surface area (TPSA) is 86.5 Å². The van der Waals surface area contributed by atoms with Gasteiger partial charge in [0, 0.05) is 0 Å². The molecule has 0 amide bonds. The molecule has 0 aliphatic carbocycles. The van der Waals surface area contributed by atoms with Gasteiger partial charge in [0.1, 0.15) is 5.82 Å². The van der Waals surface area contributed by atoms with Gasteiger partial charge in [-0.05, 0) is 25.1 Å². The van der Waals surface area contributed by atoms with E-state index >= 15 is 0 Å². The number of benzene rings is 1. The van der Waals surface area contributed by atoms with Crippen molar-refractivity contribution in [1.82, 2.24) is 0 Å². The fourth-order valence-corrected chi connectivity index (χ4v) is 1.63. The quantitative estimate of drug-likeness (QED) is 0.794. The number of rotatable bonds is 3. The summed E-state index contributed by atoms with van der Waals surface area (Å²) in [7, 11) is -4.04. The number of esters is 1. The summed E-state index contributed by atoms with van der Waals surface area (Å²) in [5.41, 5.74) is -0.189. The van der Waals surface area contributed by atoms with Gasteiger partial charge >= 0.3 is 5.97 Å². The van der Waals surface area contributed by atoms with Gasteiger partial charge in [-0.2, -0.15) is 0 Å². The molecule has 7 heteroatoms. The van der Waals surface area contributed by atoms with Gasteiger partial charge in [-0.3, -0.25) is 0 Å². The number of sulfonamides is 1. The van der Waals surface area contributed by atoms with Gasteiger partial charge in [0.15, 0.2) is 0 Å². The molecule has 0 bridgehead atoms. The molecule has 0 saturated carbocycles. The zero-order chi connectivity index (χ0) is 12.3. The van der Waals surface area contributed by atoms with Gasteiger partial charge in [-0.15, -0.1) is 0 Å². The fraction of sp³-hybridized carbons (Fsp3) is 0.222. The number of carbonyl (C=O) groups is 1. The summed E-state index contributed by atoms with van der Waals surface area (Å²) in [5.74, 6) is -1.67. The summed E-state index contributed by atoms with van der Waals surface area (Å²) in [6.45, 7) is 1.69. The van der Waals surface area contributed by atoms with Crippen LogP contribution in [0.1, 0.15) is 17.3 Å². The van der Waals surface area contributed by atoms with Crippen LogP contribution in [0.3, 0.4) is 0 Å². The maximum Gasteiger partial charge on any atom is 0.338 e. The highest BCUT2D eigenvalue weighted by atomic mass is 32.2. The van der Waals surface area contributed by atoms with E-state index in [0.29, 0.717) is 0 Å². The van der Waals surface area contributed by atoms with Gasteiger partial charge in [-0.25, -0.2) is 22.7 Å². The summed E-state index contributed by atoms with van der Waals surface area (Å²) in [4.78, 5) is 10.8. The summed E-state index contributed by atoms with van der Waals surface area (Å²) in [5, 5.41) is 4.82. The second kappa shape index (κ2) is 4.58. The molecule has 0 heterocycles. The van der Waals surface area contributed by atoms with Gasteiger partial charge < -0.3 is 4.74 Å². The Labute approximate surface area is 92.1 Å². The van der Waals surface area contributed by atoms with E-state index in [2.05, 4.69) is 4.74 Å². The molecule has 0 atom stereocenters.